The van der Waals surface area contributed by atoms with Crippen molar-refractivity contribution in [2.24, 2.45) is 0 Å². The number of ether oxygens (including phenoxy) is 2. The van der Waals surface area contributed by atoms with Gasteiger partial charge in [0.25, 0.3) is 0 Å². The topological polar surface area (TPSA) is 69.7 Å². The van der Waals surface area contributed by atoms with Crippen LogP contribution in [0.2, 0.25) is 0 Å². The van der Waals surface area contributed by atoms with Crippen molar-refractivity contribution in [1.29, 1.82) is 0 Å². The number of ketones is 1. The van der Waals surface area contributed by atoms with Crippen molar-refractivity contribution in [1.82, 2.24) is 0 Å². The number of hydrogen-bond donors (Lipinski definition) is 0. The summed E-state index contributed by atoms with van der Waals surface area (Å²) >= 11 is 0. The fourth-order valence-electron chi connectivity index (χ4n) is 2.12. The van der Waals surface area contributed by atoms with Crippen molar-refractivity contribution in [2.45, 2.75) is 19.3 Å². The largest absolute Gasteiger partial charge is 0.469 e. The minimum Gasteiger partial charge on any atom is -0.469 e. The van der Waals surface area contributed by atoms with E-state index in [4.69, 9.17) is 4.74 Å². The van der Waals surface area contributed by atoms with Crippen LogP contribution in [0.1, 0.15) is 35.2 Å². The van der Waals surface area contributed by atoms with Crippen LogP contribution in [0.4, 0.5) is 0 Å². The molecule has 0 aliphatic heterocycles. The van der Waals surface area contributed by atoms with Gasteiger partial charge < -0.3 is 9.47 Å². The third-order valence-corrected chi connectivity index (χ3v) is 3.63. The van der Waals surface area contributed by atoms with Gasteiger partial charge in [-0.3, -0.25) is 9.59 Å². The second kappa shape index (κ2) is 8.06. The Morgan fingerprint density at radius 2 is 1.58 bits per heavy atom. The SMILES string of the molecule is COC(=O)CC(=O)C(C)c1ccc(OC(=O)c2ccccc2)cc1. The Bertz CT molecular complexity index is 719. The lowest BCUT2D eigenvalue weighted by atomic mass is 9.95. The Morgan fingerprint density at radius 1 is 0.958 bits per heavy atom. The molecule has 2 rings (SSSR count). The number of carbonyl (C=O) groups excluding carboxylic acids is 3. The molecule has 1 atom stereocenters. The highest BCUT2D eigenvalue weighted by Crippen LogP contribution is 2.22. The molecule has 5 heteroatoms. The molecular weight excluding hydrogens is 308 g/mol. The van der Waals surface area contributed by atoms with E-state index < -0.39 is 17.9 Å². The smallest absolute Gasteiger partial charge is 0.343 e. The Labute approximate surface area is 140 Å². The first-order valence-corrected chi connectivity index (χ1v) is 7.48. The quantitative estimate of drug-likeness (QED) is 0.463. The number of esters is 2. The number of rotatable bonds is 6. The molecule has 2 aromatic carbocycles. The zero-order chi connectivity index (χ0) is 17.5. The van der Waals surface area contributed by atoms with Crippen molar-refractivity contribution in [3.05, 3.63) is 65.7 Å². The molecule has 0 aliphatic rings. The summed E-state index contributed by atoms with van der Waals surface area (Å²) in [5, 5.41) is 0. The standard InChI is InChI=1S/C19H18O5/c1-13(17(20)12-18(21)23-2)14-8-10-16(11-9-14)24-19(22)15-6-4-3-5-7-15/h3-11,13H,12H2,1-2H3. The maximum absolute atomic E-state index is 12.0. The predicted octanol–water partition coefficient (Wildman–Crippen LogP) is 3.14. The van der Waals surface area contributed by atoms with Crippen LogP contribution in [-0.4, -0.2) is 24.8 Å². The van der Waals surface area contributed by atoms with Gasteiger partial charge in [-0.1, -0.05) is 37.3 Å². The van der Waals surface area contributed by atoms with Crippen LogP contribution in [0.5, 0.6) is 5.75 Å². The van der Waals surface area contributed by atoms with Crippen molar-refractivity contribution >= 4 is 17.7 Å². The Hall–Kier alpha value is -2.95. The van der Waals surface area contributed by atoms with Crippen LogP contribution in [0.3, 0.4) is 0 Å². The molecule has 0 aliphatic carbocycles. The van der Waals surface area contributed by atoms with E-state index in [1.807, 2.05) is 6.07 Å². The molecule has 2 aromatic rings. The van der Waals surface area contributed by atoms with Gasteiger partial charge in [0.05, 0.1) is 12.7 Å². The first kappa shape index (κ1) is 17.4. The first-order chi connectivity index (χ1) is 11.5. The molecule has 0 saturated heterocycles. The second-order valence-electron chi connectivity index (χ2n) is 5.27. The molecule has 0 N–H and O–H groups in total. The zero-order valence-corrected chi connectivity index (χ0v) is 13.5. The summed E-state index contributed by atoms with van der Waals surface area (Å²) in [6.45, 7) is 1.72. The Morgan fingerprint density at radius 3 is 2.17 bits per heavy atom. The van der Waals surface area contributed by atoms with Crippen molar-refractivity contribution in [2.75, 3.05) is 7.11 Å². The van der Waals surface area contributed by atoms with Crippen LogP contribution in [-0.2, 0) is 14.3 Å². The molecule has 124 valence electrons. The summed E-state index contributed by atoms with van der Waals surface area (Å²) in [4.78, 5) is 35.1. The third kappa shape index (κ3) is 4.52. The maximum atomic E-state index is 12.0. The highest BCUT2D eigenvalue weighted by Gasteiger charge is 2.19. The lowest BCUT2D eigenvalue weighted by Crippen LogP contribution is -2.15. The van der Waals surface area contributed by atoms with Gasteiger partial charge in [0.2, 0.25) is 0 Å². The molecule has 24 heavy (non-hydrogen) atoms. The van der Waals surface area contributed by atoms with Gasteiger partial charge in [0.15, 0.2) is 5.78 Å². The summed E-state index contributed by atoms with van der Waals surface area (Å²) in [6, 6.07) is 15.3. The summed E-state index contributed by atoms with van der Waals surface area (Å²) in [7, 11) is 1.25. The average Bonchev–Trinajstić information content (AvgIpc) is 2.62. The number of methoxy groups -OCH3 is 1. The van der Waals surface area contributed by atoms with Gasteiger partial charge >= 0.3 is 11.9 Å². The summed E-state index contributed by atoms with van der Waals surface area (Å²) in [6.07, 6.45) is -0.261. The van der Waals surface area contributed by atoms with Gasteiger partial charge in [-0.05, 0) is 29.8 Å². The molecule has 0 fully saturated rings. The summed E-state index contributed by atoms with van der Waals surface area (Å²) in [5.74, 6) is -1.28. The minimum absolute atomic E-state index is 0.226. The van der Waals surface area contributed by atoms with Gasteiger partial charge in [0.1, 0.15) is 12.2 Å². The first-order valence-electron chi connectivity index (χ1n) is 7.48. The van der Waals surface area contributed by atoms with E-state index in [0.29, 0.717) is 11.3 Å². The van der Waals surface area contributed by atoms with E-state index in [-0.39, 0.29) is 12.2 Å². The van der Waals surface area contributed by atoms with Crippen molar-refractivity contribution in [3.8, 4) is 5.75 Å². The number of Topliss-reactive ketones (excluding diaryl/α,β-unsaturated/α-hetero) is 1. The molecule has 0 heterocycles. The molecule has 0 radical (unpaired) electrons. The van der Waals surface area contributed by atoms with Gasteiger partial charge in [-0.25, -0.2) is 4.79 Å². The van der Waals surface area contributed by atoms with E-state index in [2.05, 4.69) is 4.74 Å². The molecule has 0 bridgehead atoms. The average molecular weight is 326 g/mol. The molecule has 5 nitrogen and oxygen atoms in total. The molecule has 0 amide bonds. The van der Waals surface area contributed by atoms with Crippen molar-refractivity contribution < 1.29 is 23.9 Å². The monoisotopic (exact) mass is 326 g/mol. The van der Waals surface area contributed by atoms with Crippen LogP contribution in [0, 0.1) is 0 Å². The minimum atomic E-state index is -0.555. The lowest BCUT2D eigenvalue weighted by molar-refractivity contribution is -0.143. The summed E-state index contributed by atoms with van der Waals surface area (Å²) < 4.78 is 9.77. The van der Waals surface area contributed by atoms with E-state index in [9.17, 15) is 14.4 Å². The molecule has 0 spiro atoms. The normalized spacial score (nSPS) is 11.4. The van der Waals surface area contributed by atoms with Crippen LogP contribution >= 0.6 is 0 Å². The van der Waals surface area contributed by atoms with Crippen LogP contribution in [0.15, 0.2) is 54.6 Å². The van der Waals surface area contributed by atoms with E-state index in [1.54, 1.807) is 55.5 Å². The fourth-order valence-corrected chi connectivity index (χ4v) is 2.12. The highest BCUT2D eigenvalue weighted by atomic mass is 16.5. The zero-order valence-electron chi connectivity index (χ0n) is 13.5. The van der Waals surface area contributed by atoms with Crippen LogP contribution < -0.4 is 4.74 Å². The second-order valence-corrected chi connectivity index (χ2v) is 5.27. The number of carbonyl (C=O) groups is 3. The molecule has 0 saturated carbocycles. The molecular formula is C19H18O5. The van der Waals surface area contributed by atoms with Crippen LogP contribution in [0.25, 0.3) is 0 Å². The predicted molar refractivity (Wildman–Crippen MR) is 87.9 cm³/mol. The number of hydrogen-bond acceptors (Lipinski definition) is 5. The highest BCUT2D eigenvalue weighted by molar-refractivity contribution is 5.99. The van der Waals surface area contributed by atoms with E-state index in [0.717, 1.165) is 5.56 Å². The van der Waals surface area contributed by atoms with Gasteiger partial charge in [-0.15, -0.1) is 0 Å². The van der Waals surface area contributed by atoms with E-state index >= 15 is 0 Å². The Balaban J connectivity index is 2.01. The Kier molecular flexibility index (Phi) is 5.84. The van der Waals surface area contributed by atoms with Crippen molar-refractivity contribution in [3.63, 3.8) is 0 Å². The van der Waals surface area contributed by atoms with Gasteiger partial charge in [0, 0.05) is 5.92 Å². The maximum Gasteiger partial charge on any atom is 0.343 e. The number of benzene rings is 2. The molecule has 0 aromatic heterocycles. The lowest BCUT2D eigenvalue weighted by Gasteiger charge is -2.11. The molecule has 1 unspecified atom stereocenters. The summed E-state index contributed by atoms with van der Waals surface area (Å²) in [5.41, 5.74) is 1.20. The fraction of sp³-hybridized carbons (Fsp3) is 0.211. The van der Waals surface area contributed by atoms with E-state index in [1.165, 1.54) is 7.11 Å². The third-order valence-electron chi connectivity index (χ3n) is 3.63. The van der Waals surface area contributed by atoms with Gasteiger partial charge in [-0.2, -0.15) is 0 Å².